The molecule has 0 saturated heterocycles. The summed E-state index contributed by atoms with van der Waals surface area (Å²) in [5, 5.41) is 0.588. The van der Waals surface area contributed by atoms with Gasteiger partial charge in [-0.05, 0) is 30.7 Å². The Balaban J connectivity index is 2.10. The zero-order valence-electron chi connectivity index (χ0n) is 8.69. The number of hydrogen-bond donors (Lipinski definition) is 1. The van der Waals surface area contributed by atoms with Crippen molar-refractivity contribution >= 4 is 16.5 Å². The number of nitrogens with two attached hydrogens (primary N) is 1. The number of fused-ring (bicyclic) bond motifs is 1. The number of ether oxygens (including phenoxy) is 2. The van der Waals surface area contributed by atoms with E-state index in [1.54, 1.807) is 0 Å². The minimum Gasteiger partial charge on any atom is -0.454 e. The molecule has 82 valence electrons. The monoisotopic (exact) mass is 234 g/mol. The van der Waals surface area contributed by atoms with Crippen LogP contribution in [0.3, 0.4) is 0 Å². The molecule has 1 aliphatic heterocycles. The van der Waals surface area contributed by atoms with Gasteiger partial charge in [0.1, 0.15) is 0 Å². The third-order valence-electron chi connectivity index (χ3n) is 2.45. The Morgan fingerprint density at radius 3 is 2.88 bits per heavy atom. The SMILES string of the molecule is Cc1nc(N)sc1-c1ccc2c(c1)OCO2. The third kappa shape index (κ3) is 1.40. The molecule has 0 saturated carbocycles. The Kier molecular flexibility index (Phi) is 2.00. The molecule has 0 aliphatic carbocycles. The predicted molar refractivity (Wildman–Crippen MR) is 62.8 cm³/mol. The molecule has 1 aromatic heterocycles. The number of rotatable bonds is 1. The van der Waals surface area contributed by atoms with Gasteiger partial charge in [-0.2, -0.15) is 0 Å². The van der Waals surface area contributed by atoms with Crippen LogP contribution in [0.25, 0.3) is 10.4 Å². The number of nitrogens with zero attached hydrogens (tertiary/aromatic N) is 1. The van der Waals surface area contributed by atoms with Gasteiger partial charge < -0.3 is 15.2 Å². The highest BCUT2D eigenvalue weighted by Crippen LogP contribution is 2.39. The van der Waals surface area contributed by atoms with Crippen LogP contribution in [0.2, 0.25) is 0 Å². The predicted octanol–water partition coefficient (Wildman–Crippen LogP) is 2.43. The maximum atomic E-state index is 5.68. The first-order chi connectivity index (χ1) is 7.74. The average molecular weight is 234 g/mol. The molecular weight excluding hydrogens is 224 g/mol. The standard InChI is InChI=1S/C11H10N2O2S/c1-6-10(16-11(12)13-6)7-2-3-8-9(4-7)15-5-14-8/h2-4H,5H2,1H3,(H2,12,13). The number of nitrogen functional groups attached to an aromatic ring is 1. The highest BCUT2D eigenvalue weighted by Gasteiger charge is 2.16. The molecule has 0 bridgehead atoms. The number of hydrogen-bond acceptors (Lipinski definition) is 5. The molecule has 5 heteroatoms. The summed E-state index contributed by atoms with van der Waals surface area (Å²) < 4.78 is 10.6. The summed E-state index contributed by atoms with van der Waals surface area (Å²) in [6, 6.07) is 5.86. The van der Waals surface area contributed by atoms with Crippen molar-refractivity contribution in [2.45, 2.75) is 6.92 Å². The average Bonchev–Trinajstić information content (AvgIpc) is 2.83. The Morgan fingerprint density at radius 2 is 2.12 bits per heavy atom. The lowest BCUT2D eigenvalue weighted by Crippen LogP contribution is -1.92. The van der Waals surface area contributed by atoms with Gasteiger partial charge in [-0.25, -0.2) is 4.98 Å². The van der Waals surface area contributed by atoms with E-state index >= 15 is 0 Å². The van der Waals surface area contributed by atoms with Gasteiger partial charge in [-0.15, -0.1) is 0 Å². The Bertz CT molecular complexity index is 551. The lowest BCUT2D eigenvalue weighted by molar-refractivity contribution is 0.174. The van der Waals surface area contributed by atoms with E-state index in [1.807, 2.05) is 25.1 Å². The molecule has 1 aliphatic rings. The first-order valence-electron chi connectivity index (χ1n) is 4.87. The summed E-state index contributed by atoms with van der Waals surface area (Å²) in [6.45, 7) is 2.25. The van der Waals surface area contributed by atoms with E-state index in [2.05, 4.69) is 4.98 Å². The Labute approximate surface area is 96.6 Å². The van der Waals surface area contributed by atoms with E-state index in [4.69, 9.17) is 15.2 Å². The first kappa shape index (κ1) is 9.47. The quantitative estimate of drug-likeness (QED) is 0.823. The van der Waals surface area contributed by atoms with Crippen molar-refractivity contribution < 1.29 is 9.47 Å². The Morgan fingerprint density at radius 1 is 1.31 bits per heavy atom. The fourth-order valence-corrected chi connectivity index (χ4v) is 2.55. The van der Waals surface area contributed by atoms with Gasteiger partial charge in [0.2, 0.25) is 6.79 Å². The van der Waals surface area contributed by atoms with Crippen molar-refractivity contribution in [3.05, 3.63) is 23.9 Å². The van der Waals surface area contributed by atoms with Crippen molar-refractivity contribution in [1.29, 1.82) is 0 Å². The highest BCUT2D eigenvalue weighted by atomic mass is 32.1. The molecule has 2 aromatic rings. The van der Waals surface area contributed by atoms with Gasteiger partial charge in [-0.1, -0.05) is 11.3 Å². The third-order valence-corrected chi connectivity index (χ3v) is 3.48. The van der Waals surface area contributed by atoms with Crippen molar-refractivity contribution in [1.82, 2.24) is 4.98 Å². The largest absolute Gasteiger partial charge is 0.454 e. The minimum atomic E-state index is 0.294. The lowest BCUT2D eigenvalue weighted by Gasteiger charge is -2.00. The fourth-order valence-electron chi connectivity index (χ4n) is 1.72. The molecule has 4 nitrogen and oxygen atoms in total. The maximum absolute atomic E-state index is 5.68. The van der Waals surface area contributed by atoms with Gasteiger partial charge in [0, 0.05) is 0 Å². The zero-order valence-corrected chi connectivity index (χ0v) is 9.50. The van der Waals surface area contributed by atoms with Gasteiger partial charge in [-0.3, -0.25) is 0 Å². The number of benzene rings is 1. The molecule has 0 fully saturated rings. The molecular formula is C11H10N2O2S. The second kappa shape index (κ2) is 3.38. The smallest absolute Gasteiger partial charge is 0.231 e. The Hall–Kier alpha value is -1.75. The van der Waals surface area contributed by atoms with E-state index in [9.17, 15) is 0 Å². The van der Waals surface area contributed by atoms with Crippen LogP contribution in [-0.4, -0.2) is 11.8 Å². The van der Waals surface area contributed by atoms with Gasteiger partial charge in [0.15, 0.2) is 16.6 Å². The van der Waals surface area contributed by atoms with E-state index in [0.717, 1.165) is 27.6 Å². The van der Waals surface area contributed by atoms with Crippen LogP contribution in [0.1, 0.15) is 5.69 Å². The van der Waals surface area contributed by atoms with Crippen LogP contribution in [-0.2, 0) is 0 Å². The summed E-state index contributed by atoms with van der Waals surface area (Å²) in [5.41, 5.74) is 7.69. The lowest BCUT2D eigenvalue weighted by atomic mass is 10.1. The first-order valence-corrected chi connectivity index (χ1v) is 5.68. The summed E-state index contributed by atoms with van der Waals surface area (Å²) in [4.78, 5) is 5.28. The van der Waals surface area contributed by atoms with E-state index in [0.29, 0.717) is 11.9 Å². The molecule has 0 atom stereocenters. The van der Waals surface area contributed by atoms with Gasteiger partial charge in [0.25, 0.3) is 0 Å². The molecule has 0 radical (unpaired) electrons. The summed E-state index contributed by atoms with van der Waals surface area (Å²) in [7, 11) is 0. The molecule has 0 spiro atoms. The van der Waals surface area contributed by atoms with Gasteiger partial charge in [0.05, 0.1) is 10.6 Å². The second-order valence-corrected chi connectivity index (χ2v) is 4.57. The van der Waals surface area contributed by atoms with Crippen LogP contribution < -0.4 is 15.2 Å². The normalized spacial score (nSPS) is 13.1. The molecule has 2 heterocycles. The van der Waals surface area contributed by atoms with Crippen molar-refractivity contribution in [3.63, 3.8) is 0 Å². The molecule has 3 rings (SSSR count). The molecule has 0 amide bonds. The number of thiazole rings is 1. The van der Waals surface area contributed by atoms with E-state index < -0.39 is 0 Å². The van der Waals surface area contributed by atoms with E-state index in [-0.39, 0.29) is 0 Å². The number of anilines is 1. The van der Waals surface area contributed by atoms with Crippen LogP contribution in [0.5, 0.6) is 11.5 Å². The number of aromatic nitrogens is 1. The van der Waals surface area contributed by atoms with Crippen molar-refractivity contribution in [2.24, 2.45) is 0 Å². The van der Waals surface area contributed by atoms with Crippen LogP contribution in [0, 0.1) is 6.92 Å². The van der Waals surface area contributed by atoms with Crippen LogP contribution in [0.15, 0.2) is 18.2 Å². The van der Waals surface area contributed by atoms with Crippen LogP contribution in [0.4, 0.5) is 5.13 Å². The summed E-state index contributed by atoms with van der Waals surface area (Å²) in [6.07, 6.45) is 0. The molecule has 2 N–H and O–H groups in total. The van der Waals surface area contributed by atoms with E-state index in [1.165, 1.54) is 11.3 Å². The topological polar surface area (TPSA) is 57.4 Å². The zero-order chi connectivity index (χ0) is 11.1. The fraction of sp³-hybridized carbons (Fsp3) is 0.182. The minimum absolute atomic E-state index is 0.294. The highest BCUT2D eigenvalue weighted by molar-refractivity contribution is 7.18. The summed E-state index contributed by atoms with van der Waals surface area (Å²) >= 11 is 1.48. The molecule has 0 unspecified atom stereocenters. The van der Waals surface area contributed by atoms with Crippen molar-refractivity contribution in [3.8, 4) is 21.9 Å². The van der Waals surface area contributed by atoms with Crippen LogP contribution >= 0.6 is 11.3 Å². The van der Waals surface area contributed by atoms with Gasteiger partial charge >= 0.3 is 0 Å². The molecule has 16 heavy (non-hydrogen) atoms. The summed E-state index contributed by atoms with van der Waals surface area (Å²) in [5.74, 6) is 1.57. The molecule has 1 aromatic carbocycles. The number of aryl methyl sites for hydroxylation is 1. The second-order valence-electron chi connectivity index (χ2n) is 3.53. The maximum Gasteiger partial charge on any atom is 0.231 e. The van der Waals surface area contributed by atoms with Crippen molar-refractivity contribution in [2.75, 3.05) is 12.5 Å².